The minimum atomic E-state index is -3.70. The van der Waals surface area contributed by atoms with E-state index in [-0.39, 0.29) is 23.9 Å². The molecule has 0 fully saturated rings. The molecule has 1 aromatic carbocycles. The fourth-order valence-electron chi connectivity index (χ4n) is 2.12. The predicted octanol–water partition coefficient (Wildman–Crippen LogP) is 1.99. The number of rotatable bonds is 8. The standard InChI is InChI=1S/C17H28N2O6S/c1-17(2,3)18-16(20)19(9-10-23-4)12-13-7-8-14(24-5)15(11-13)25-26(6,21)22/h7-8,11H,9-10,12H2,1-6H3,(H,18,20). The van der Waals surface area contributed by atoms with Crippen molar-refractivity contribution in [3.63, 3.8) is 0 Å². The van der Waals surface area contributed by atoms with Crippen LogP contribution in [0.15, 0.2) is 18.2 Å². The van der Waals surface area contributed by atoms with E-state index >= 15 is 0 Å². The van der Waals surface area contributed by atoms with Gasteiger partial charge < -0.3 is 23.9 Å². The van der Waals surface area contributed by atoms with Crippen molar-refractivity contribution in [2.45, 2.75) is 32.9 Å². The summed E-state index contributed by atoms with van der Waals surface area (Å²) in [5.74, 6) is 0.372. The molecule has 1 N–H and O–H groups in total. The minimum absolute atomic E-state index is 0.0791. The Balaban J connectivity index is 3.06. The Labute approximate surface area is 155 Å². The van der Waals surface area contributed by atoms with E-state index in [1.807, 2.05) is 20.8 Å². The summed E-state index contributed by atoms with van der Waals surface area (Å²) in [5, 5.41) is 2.90. The summed E-state index contributed by atoms with van der Waals surface area (Å²) < 4.78 is 38.0. The molecule has 8 nitrogen and oxygen atoms in total. The van der Waals surface area contributed by atoms with Crippen molar-refractivity contribution in [1.29, 1.82) is 0 Å². The molecule has 148 valence electrons. The zero-order chi connectivity index (χ0) is 20.0. The molecule has 0 aliphatic heterocycles. The Morgan fingerprint density at radius 3 is 2.35 bits per heavy atom. The number of benzene rings is 1. The van der Waals surface area contributed by atoms with Crippen LogP contribution in [0, 0.1) is 0 Å². The van der Waals surface area contributed by atoms with Gasteiger partial charge in [0, 0.05) is 25.7 Å². The lowest BCUT2D eigenvalue weighted by atomic mass is 10.1. The number of ether oxygens (including phenoxy) is 2. The predicted molar refractivity (Wildman–Crippen MR) is 99.0 cm³/mol. The minimum Gasteiger partial charge on any atom is -0.493 e. The third-order valence-corrected chi connectivity index (χ3v) is 3.66. The maximum absolute atomic E-state index is 12.5. The maximum atomic E-state index is 12.5. The highest BCUT2D eigenvalue weighted by atomic mass is 32.2. The second kappa shape index (κ2) is 9.09. The summed E-state index contributed by atoms with van der Waals surface area (Å²) in [5.41, 5.74) is 0.317. The lowest BCUT2D eigenvalue weighted by Gasteiger charge is -2.28. The molecule has 0 atom stereocenters. The van der Waals surface area contributed by atoms with Crippen LogP contribution >= 0.6 is 0 Å². The fourth-order valence-corrected chi connectivity index (χ4v) is 2.58. The molecular formula is C17H28N2O6S. The Bertz CT molecular complexity index is 712. The van der Waals surface area contributed by atoms with Gasteiger partial charge in [0.05, 0.1) is 20.0 Å². The number of carbonyl (C=O) groups excluding carboxylic acids is 1. The second-order valence-corrected chi connectivity index (χ2v) is 8.44. The average molecular weight is 388 g/mol. The van der Waals surface area contributed by atoms with E-state index in [4.69, 9.17) is 13.7 Å². The molecule has 0 aromatic heterocycles. The summed E-state index contributed by atoms with van der Waals surface area (Å²) >= 11 is 0. The Hall–Kier alpha value is -2.00. The highest BCUT2D eigenvalue weighted by Crippen LogP contribution is 2.29. The monoisotopic (exact) mass is 388 g/mol. The highest BCUT2D eigenvalue weighted by Gasteiger charge is 2.20. The van der Waals surface area contributed by atoms with Crippen LogP contribution in [0.3, 0.4) is 0 Å². The number of nitrogens with one attached hydrogen (secondary N) is 1. The van der Waals surface area contributed by atoms with Gasteiger partial charge in [0.25, 0.3) is 0 Å². The van der Waals surface area contributed by atoms with Crippen LogP contribution in [-0.4, -0.2) is 58.5 Å². The molecule has 9 heteroatoms. The van der Waals surface area contributed by atoms with Gasteiger partial charge in [-0.1, -0.05) is 6.07 Å². The van der Waals surface area contributed by atoms with Gasteiger partial charge in [-0.25, -0.2) is 4.79 Å². The molecule has 0 bridgehead atoms. The molecule has 26 heavy (non-hydrogen) atoms. The molecule has 0 heterocycles. The first-order valence-corrected chi connectivity index (χ1v) is 9.89. The third-order valence-electron chi connectivity index (χ3n) is 3.18. The molecule has 0 unspecified atom stereocenters. The van der Waals surface area contributed by atoms with Gasteiger partial charge in [0.1, 0.15) is 0 Å². The van der Waals surface area contributed by atoms with Crippen molar-refractivity contribution in [3.05, 3.63) is 23.8 Å². The van der Waals surface area contributed by atoms with E-state index in [2.05, 4.69) is 5.32 Å². The fraction of sp³-hybridized carbons (Fsp3) is 0.588. The first-order valence-electron chi connectivity index (χ1n) is 8.07. The Morgan fingerprint density at radius 2 is 1.85 bits per heavy atom. The largest absolute Gasteiger partial charge is 0.493 e. The second-order valence-electron chi connectivity index (χ2n) is 6.87. The molecule has 0 aliphatic rings. The van der Waals surface area contributed by atoms with Crippen LogP contribution in [-0.2, 0) is 21.4 Å². The SMILES string of the molecule is COCCN(Cc1ccc(OC)c(OS(C)(=O)=O)c1)C(=O)NC(C)(C)C. The van der Waals surface area contributed by atoms with Gasteiger partial charge in [-0.2, -0.15) is 8.42 Å². The van der Waals surface area contributed by atoms with Gasteiger partial charge in [0.15, 0.2) is 11.5 Å². The molecule has 2 amide bonds. The van der Waals surface area contributed by atoms with E-state index in [1.54, 1.807) is 30.2 Å². The summed E-state index contributed by atoms with van der Waals surface area (Å²) in [6.07, 6.45) is 0.959. The molecule has 1 aromatic rings. The van der Waals surface area contributed by atoms with Crippen LogP contribution in [0.1, 0.15) is 26.3 Å². The summed E-state index contributed by atoms with van der Waals surface area (Å²) in [7, 11) is -0.719. The smallest absolute Gasteiger partial charge is 0.318 e. The number of amides is 2. The van der Waals surface area contributed by atoms with Gasteiger partial charge in [0.2, 0.25) is 0 Å². The van der Waals surface area contributed by atoms with Gasteiger partial charge in [-0.15, -0.1) is 0 Å². The normalized spacial score (nSPS) is 11.8. The van der Waals surface area contributed by atoms with Crippen molar-refractivity contribution in [2.24, 2.45) is 0 Å². The lowest BCUT2D eigenvalue weighted by molar-refractivity contribution is 0.142. The van der Waals surface area contributed by atoms with Crippen LogP contribution in [0.5, 0.6) is 11.5 Å². The first kappa shape index (κ1) is 22.0. The number of hydrogen-bond acceptors (Lipinski definition) is 6. The first-order chi connectivity index (χ1) is 11.9. The van der Waals surface area contributed by atoms with E-state index < -0.39 is 10.1 Å². The molecule has 0 saturated carbocycles. The van der Waals surface area contributed by atoms with Crippen LogP contribution in [0.25, 0.3) is 0 Å². The summed E-state index contributed by atoms with van der Waals surface area (Å²) in [4.78, 5) is 14.1. The molecular weight excluding hydrogens is 360 g/mol. The van der Waals surface area contributed by atoms with Crippen molar-refractivity contribution >= 4 is 16.1 Å². The van der Waals surface area contributed by atoms with Gasteiger partial charge >= 0.3 is 16.1 Å². The van der Waals surface area contributed by atoms with Crippen LogP contribution in [0.4, 0.5) is 4.79 Å². The van der Waals surface area contributed by atoms with Crippen LogP contribution in [0.2, 0.25) is 0 Å². The zero-order valence-corrected chi connectivity index (χ0v) is 17.0. The van der Waals surface area contributed by atoms with Crippen molar-refractivity contribution in [3.8, 4) is 11.5 Å². The maximum Gasteiger partial charge on any atom is 0.318 e. The van der Waals surface area contributed by atoms with Crippen molar-refractivity contribution < 1.29 is 26.9 Å². The molecule has 0 aliphatic carbocycles. The highest BCUT2D eigenvalue weighted by molar-refractivity contribution is 7.86. The molecule has 0 saturated heterocycles. The topological polar surface area (TPSA) is 94.2 Å². The van der Waals surface area contributed by atoms with Gasteiger partial charge in [-0.05, 0) is 38.5 Å². The van der Waals surface area contributed by atoms with E-state index in [0.717, 1.165) is 6.26 Å². The number of methoxy groups -OCH3 is 2. The quantitative estimate of drug-likeness (QED) is 0.685. The number of nitrogens with zero attached hydrogens (tertiary/aromatic N) is 1. The Kier molecular flexibility index (Phi) is 7.70. The van der Waals surface area contributed by atoms with Crippen LogP contribution < -0.4 is 14.2 Å². The summed E-state index contributed by atoms with van der Waals surface area (Å²) in [6.45, 7) is 6.70. The molecule has 0 spiro atoms. The lowest BCUT2D eigenvalue weighted by Crippen LogP contribution is -2.49. The molecule has 0 radical (unpaired) electrons. The summed E-state index contributed by atoms with van der Waals surface area (Å²) in [6, 6.07) is 4.66. The number of urea groups is 1. The van der Waals surface area contributed by atoms with E-state index in [0.29, 0.717) is 24.5 Å². The van der Waals surface area contributed by atoms with E-state index in [9.17, 15) is 13.2 Å². The molecule has 1 rings (SSSR count). The van der Waals surface area contributed by atoms with Gasteiger partial charge in [-0.3, -0.25) is 0 Å². The third kappa shape index (κ3) is 7.92. The van der Waals surface area contributed by atoms with E-state index in [1.165, 1.54) is 7.11 Å². The Morgan fingerprint density at radius 1 is 1.19 bits per heavy atom. The van der Waals surface area contributed by atoms with Crippen molar-refractivity contribution in [1.82, 2.24) is 10.2 Å². The van der Waals surface area contributed by atoms with Crippen molar-refractivity contribution in [2.75, 3.05) is 33.6 Å². The number of carbonyl (C=O) groups is 1. The number of hydrogen-bond donors (Lipinski definition) is 1. The average Bonchev–Trinajstić information content (AvgIpc) is 2.48. The zero-order valence-electron chi connectivity index (χ0n) is 16.2.